The summed E-state index contributed by atoms with van der Waals surface area (Å²) in [5.41, 5.74) is 0.987. The summed E-state index contributed by atoms with van der Waals surface area (Å²) in [4.78, 5) is 27.6. The van der Waals surface area contributed by atoms with Gasteiger partial charge in [-0.15, -0.1) is 10.2 Å². The maximum Gasteiger partial charge on any atom is 0.409 e. The van der Waals surface area contributed by atoms with Crippen molar-refractivity contribution in [3.63, 3.8) is 0 Å². The summed E-state index contributed by atoms with van der Waals surface area (Å²) in [7, 11) is 1.90. The molecule has 1 aromatic heterocycles. The van der Waals surface area contributed by atoms with Crippen molar-refractivity contribution in [2.75, 3.05) is 38.5 Å². The number of hydrogen-bond donors (Lipinski definition) is 0. The maximum atomic E-state index is 12.5. The predicted molar refractivity (Wildman–Crippen MR) is 102 cm³/mol. The Morgan fingerprint density at radius 1 is 1.07 bits per heavy atom. The molecule has 9 heteroatoms. The number of piperazine rings is 1. The van der Waals surface area contributed by atoms with Crippen molar-refractivity contribution >= 4 is 23.8 Å². The number of rotatable bonds is 5. The number of carbonyl (C=O) groups is 2. The zero-order chi connectivity index (χ0) is 19.2. The van der Waals surface area contributed by atoms with Crippen LogP contribution in [0.4, 0.5) is 4.79 Å². The Kier molecular flexibility index (Phi) is 6.33. The van der Waals surface area contributed by atoms with E-state index in [1.54, 1.807) is 16.7 Å². The molecule has 0 atom stereocenters. The molecule has 8 nitrogen and oxygen atoms in total. The third-order valence-electron chi connectivity index (χ3n) is 4.35. The van der Waals surface area contributed by atoms with Gasteiger partial charge < -0.3 is 19.1 Å². The number of thioether (sulfide) groups is 1. The SMILES string of the molecule is CCOC(=O)N1CCN(C(=O)CSc2nnc(-c3ccccc3)n2C)CC1. The molecule has 0 N–H and O–H groups in total. The molecule has 1 aliphatic rings. The van der Waals surface area contributed by atoms with Crippen molar-refractivity contribution in [3.05, 3.63) is 30.3 Å². The largest absolute Gasteiger partial charge is 0.450 e. The Morgan fingerprint density at radius 3 is 2.41 bits per heavy atom. The first-order chi connectivity index (χ1) is 13.1. The lowest BCUT2D eigenvalue weighted by Crippen LogP contribution is -2.51. The number of benzene rings is 1. The highest BCUT2D eigenvalue weighted by molar-refractivity contribution is 7.99. The summed E-state index contributed by atoms with van der Waals surface area (Å²) >= 11 is 1.37. The fraction of sp³-hybridized carbons (Fsp3) is 0.444. The highest BCUT2D eigenvalue weighted by Crippen LogP contribution is 2.22. The van der Waals surface area contributed by atoms with Crippen LogP contribution in [0.1, 0.15) is 6.92 Å². The minimum absolute atomic E-state index is 0.0350. The van der Waals surface area contributed by atoms with Crippen LogP contribution in [-0.4, -0.2) is 75.1 Å². The molecule has 2 amide bonds. The molecule has 2 heterocycles. The van der Waals surface area contributed by atoms with Gasteiger partial charge >= 0.3 is 6.09 Å². The molecule has 27 heavy (non-hydrogen) atoms. The van der Waals surface area contributed by atoms with Gasteiger partial charge in [0.25, 0.3) is 0 Å². The van der Waals surface area contributed by atoms with E-state index < -0.39 is 0 Å². The van der Waals surface area contributed by atoms with Gasteiger partial charge in [0, 0.05) is 38.8 Å². The smallest absolute Gasteiger partial charge is 0.409 e. The standard InChI is InChI=1S/C18H23N5O3S/c1-3-26-18(25)23-11-9-22(10-12-23)15(24)13-27-17-20-19-16(21(17)2)14-7-5-4-6-8-14/h4-8H,3,9-13H2,1-2H3. The van der Waals surface area contributed by atoms with Gasteiger partial charge in [-0.05, 0) is 6.92 Å². The normalized spacial score (nSPS) is 14.3. The van der Waals surface area contributed by atoms with E-state index in [0.717, 1.165) is 11.4 Å². The summed E-state index contributed by atoms with van der Waals surface area (Å²) in [6, 6.07) is 9.82. The van der Waals surface area contributed by atoms with Crippen molar-refractivity contribution < 1.29 is 14.3 Å². The minimum Gasteiger partial charge on any atom is -0.450 e. The van der Waals surface area contributed by atoms with Gasteiger partial charge in [-0.25, -0.2) is 4.79 Å². The van der Waals surface area contributed by atoms with Gasteiger partial charge in [0.2, 0.25) is 5.91 Å². The molecule has 0 bridgehead atoms. The van der Waals surface area contributed by atoms with Crippen LogP contribution in [0, 0.1) is 0 Å². The van der Waals surface area contributed by atoms with Crippen LogP contribution in [0.5, 0.6) is 0 Å². The van der Waals surface area contributed by atoms with E-state index in [0.29, 0.717) is 43.7 Å². The number of ether oxygens (including phenoxy) is 1. The van der Waals surface area contributed by atoms with Crippen LogP contribution < -0.4 is 0 Å². The zero-order valence-electron chi connectivity index (χ0n) is 15.5. The molecule has 0 aliphatic carbocycles. The van der Waals surface area contributed by atoms with E-state index in [9.17, 15) is 9.59 Å². The molecule has 1 aliphatic heterocycles. The molecule has 1 aromatic carbocycles. The molecule has 1 saturated heterocycles. The predicted octanol–water partition coefficient (Wildman–Crippen LogP) is 1.87. The molecule has 0 radical (unpaired) electrons. The monoisotopic (exact) mass is 389 g/mol. The average Bonchev–Trinajstić information content (AvgIpc) is 3.07. The summed E-state index contributed by atoms with van der Waals surface area (Å²) in [5, 5.41) is 9.13. The Morgan fingerprint density at radius 2 is 1.74 bits per heavy atom. The summed E-state index contributed by atoms with van der Waals surface area (Å²) in [6.45, 7) is 4.18. The third-order valence-corrected chi connectivity index (χ3v) is 5.36. The highest BCUT2D eigenvalue weighted by Gasteiger charge is 2.25. The molecule has 0 saturated carbocycles. The van der Waals surface area contributed by atoms with E-state index in [1.807, 2.05) is 41.9 Å². The Balaban J connectivity index is 1.52. The van der Waals surface area contributed by atoms with Gasteiger partial charge in [-0.2, -0.15) is 0 Å². The van der Waals surface area contributed by atoms with Crippen LogP contribution in [0.3, 0.4) is 0 Å². The quantitative estimate of drug-likeness (QED) is 0.727. The number of carbonyl (C=O) groups excluding carboxylic acids is 2. The highest BCUT2D eigenvalue weighted by atomic mass is 32.2. The first kappa shape index (κ1) is 19.2. The van der Waals surface area contributed by atoms with Crippen molar-refractivity contribution in [2.24, 2.45) is 7.05 Å². The second kappa shape index (κ2) is 8.90. The van der Waals surface area contributed by atoms with Gasteiger partial charge in [-0.1, -0.05) is 42.1 Å². The molecular weight excluding hydrogens is 366 g/mol. The lowest BCUT2D eigenvalue weighted by molar-refractivity contribution is -0.129. The number of nitrogens with zero attached hydrogens (tertiary/aromatic N) is 5. The second-order valence-electron chi connectivity index (χ2n) is 6.09. The summed E-state index contributed by atoms with van der Waals surface area (Å²) in [5.74, 6) is 1.10. The zero-order valence-corrected chi connectivity index (χ0v) is 16.3. The Bertz CT molecular complexity index is 788. The van der Waals surface area contributed by atoms with Gasteiger partial charge in [0.05, 0.1) is 12.4 Å². The summed E-state index contributed by atoms with van der Waals surface area (Å²) < 4.78 is 6.89. The fourth-order valence-corrected chi connectivity index (χ4v) is 3.66. The second-order valence-corrected chi connectivity index (χ2v) is 7.03. The van der Waals surface area contributed by atoms with Crippen LogP contribution in [0.2, 0.25) is 0 Å². The molecule has 2 aromatic rings. The van der Waals surface area contributed by atoms with Crippen molar-refractivity contribution in [3.8, 4) is 11.4 Å². The Labute approximate surface area is 162 Å². The van der Waals surface area contributed by atoms with Gasteiger partial charge in [0.1, 0.15) is 0 Å². The first-order valence-electron chi connectivity index (χ1n) is 8.87. The van der Waals surface area contributed by atoms with E-state index in [-0.39, 0.29) is 12.0 Å². The average molecular weight is 389 g/mol. The lowest BCUT2D eigenvalue weighted by atomic mass is 10.2. The number of hydrogen-bond acceptors (Lipinski definition) is 6. The van der Waals surface area contributed by atoms with Crippen molar-refractivity contribution in [2.45, 2.75) is 12.1 Å². The van der Waals surface area contributed by atoms with E-state index in [2.05, 4.69) is 10.2 Å². The topological polar surface area (TPSA) is 80.6 Å². The Hall–Kier alpha value is -2.55. The van der Waals surface area contributed by atoms with Crippen LogP contribution >= 0.6 is 11.8 Å². The number of amides is 2. The van der Waals surface area contributed by atoms with Crippen LogP contribution in [0.15, 0.2) is 35.5 Å². The fourth-order valence-electron chi connectivity index (χ4n) is 2.85. The van der Waals surface area contributed by atoms with Gasteiger partial charge in [-0.3, -0.25) is 4.79 Å². The molecule has 144 valence electrons. The molecule has 0 unspecified atom stereocenters. The number of aromatic nitrogens is 3. The van der Waals surface area contributed by atoms with Crippen LogP contribution in [0.25, 0.3) is 11.4 Å². The first-order valence-corrected chi connectivity index (χ1v) is 9.85. The molecule has 3 rings (SSSR count). The van der Waals surface area contributed by atoms with Crippen LogP contribution in [-0.2, 0) is 16.6 Å². The lowest BCUT2D eigenvalue weighted by Gasteiger charge is -2.34. The van der Waals surface area contributed by atoms with E-state index in [1.165, 1.54) is 11.8 Å². The maximum absolute atomic E-state index is 12.5. The third kappa shape index (κ3) is 4.60. The minimum atomic E-state index is -0.313. The molecule has 1 fully saturated rings. The van der Waals surface area contributed by atoms with Crippen molar-refractivity contribution in [1.29, 1.82) is 0 Å². The molecule has 0 spiro atoms. The van der Waals surface area contributed by atoms with E-state index >= 15 is 0 Å². The van der Waals surface area contributed by atoms with Crippen molar-refractivity contribution in [1.82, 2.24) is 24.6 Å². The molecular formula is C18H23N5O3S. The summed E-state index contributed by atoms with van der Waals surface area (Å²) in [6.07, 6.45) is -0.313. The van der Waals surface area contributed by atoms with Gasteiger partial charge in [0.15, 0.2) is 11.0 Å². The van der Waals surface area contributed by atoms with E-state index in [4.69, 9.17) is 4.74 Å².